The number of aliphatic hydroxyl groups is 1. The van der Waals surface area contributed by atoms with E-state index in [1.54, 1.807) is 0 Å². The van der Waals surface area contributed by atoms with Crippen LogP contribution in [0.2, 0.25) is 0 Å². The Hall–Kier alpha value is -1.94. The summed E-state index contributed by atoms with van der Waals surface area (Å²) in [4.78, 5) is 72.8. The number of rotatable bonds is 75. The van der Waals surface area contributed by atoms with Gasteiger partial charge in [0.15, 0.2) is 12.2 Å². The fraction of sp³-hybridized carbons (Fsp3) is 0.948. The molecule has 0 spiro atoms. The minimum absolute atomic E-state index is 0.106. The topological polar surface area (TPSA) is 237 Å². The predicted molar refractivity (Wildman–Crippen MR) is 391 cm³/mol. The third kappa shape index (κ3) is 67.9. The Bertz CT molecular complexity index is 1870. The molecule has 0 fully saturated rings. The smallest absolute Gasteiger partial charge is 0.462 e. The number of phosphoric acid groups is 2. The molecule has 0 rings (SSSR count). The summed E-state index contributed by atoms with van der Waals surface area (Å²) < 4.78 is 68.5. The maximum atomic E-state index is 13.1. The molecule has 19 heteroatoms. The van der Waals surface area contributed by atoms with E-state index in [-0.39, 0.29) is 25.7 Å². The van der Waals surface area contributed by atoms with Gasteiger partial charge in [-0.15, -0.1) is 0 Å². The Morgan fingerprint density at radius 1 is 0.302 bits per heavy atom. The van der Waals surface area contributed by atoms with Gasteiger partial charge in [-0.05, 0) is 43.4 Å². The Kier molecular flexibility index (Phi) is 66.2. The van der Waals surface area contributed by atoms with Gasteiger partial charge >= 0.3 is 39.5 Å². The molecule has 0 bridgehead atoms. The zero-order valence-corrected chi connectivity index (χ0v) is 64.6. The molecular formula is C77H150O17P2. The molecule has 3 N–H and O–H groups in total. The SMILES string of the molecule is CCCCCCCCCCCCCC(=O)O[C@H](COC(=O)CCCCCCCCC(C)C)COP(=O)(O)OC[C@H](O)COP(=O)(O)OC[C@@H](COC(=O)CCCCCCCCCCCCCCCCC(C)CC)OC(=O)CCCCCCCCCCCCCCCCC(C)CC. The summed E-state index contributed by atoms with van der Waals surface area (Å²) in [5.41, 5.74) is 0. The maximum absolute atomic E-state index is 13.1. The molecule has 0 heterocycles. The van der Waals surface area contributed by atoms with E-state index >= 15 is 0 Å². The van der Waals surface area contributed by atoms with Crippen molar-refractivity contribution < 1.29 is 80.2 Å². The van der Waals surface area contributed by atoms with E-state index in [2.05, 4.69) is 48.5 Å². The highest BCUT2D eigenvalue weighted by molar-refractivity contribution is 7.47. The van der Waals surface area contributed by atoms with Gasteiger partial charge in [0.1, 0.15) is 19.3 Å². The van der Waals surface area contributed by atoms with Gasteiger partial charge in [-0.1, -0.05) is 344 Å². The van der Waals surface area contributed by atoms with Crippen LogP contribution in [0.3, 0.4) is 0 Å². The van der Waals surface area contributed by atoms with Crippen molar-refractivity contribution in [2.24, 2.45) is 17.8 Å². The quantitative estimate of drug-likeness (QED) is 0.0222. The maximum Gasteiger partial charge on any atom is 0.472 e. The number of hydrogen-bond donors (Lipinski definition) is 3. The number of esters is 4. The Labute approximate surface area is 588 Å². The van der Waals surface area contributed by atoms with Gasteiger partial charge in [0.25, 0.3) is 0 Å². The summed E-state index contributed by atoms with van der Waals surface area (Å²) in [6, 6.07) is 0. The van der Waals surface area contributed by atoms with E-state index in [0.717, 1.165) is 108 Å². The van der Waals surface area contributed by atoms with Crippen LogP contribution < -0.4 is 0 Å². The molecule has 0 aromatic rings. The van der Waals surface area contributed by atoms with Gasteiger partial charge in [-0.3, -0.25) is 37.3 Å². The third-order valence-electron chi connectivity index (χ3n) is 18.6. The normalized spacial score (nSPS) is 14.6. The lowest BCUT2D eigenvalue weighted by atomic mass is 9.99. The molecule has 0 saturated heterocycles. The van der Waals surface area contributed by atoms with Gasteiger partial charge < -0.3 is 33.8 Å². The number of carbonyl (C=O) groups is 4. The molecule has 0 aromatic heterocycles. The van der Waals surface area contributed by atoms with Crippen molar-refractivity contribution in [3.63, 3.8) is 0 Å². The van der Waals surface area contributed by atoms with Crippen LogP contribution in [0.4, 0.5) is 0 Å². The number of hydrogen-bond acceptors (Lipinski definition) is 15. The molecule has 0 amide bonds. The molecule has 0 aromatic carbocycles. The lowest BCUT2D eigenvalue weighted by Gasteiger charge is -2.21. The summed E-state index contributed by atoms with van der Waals surface area (Å²) >= 11 is 0. The lowest BCUT2D eigenvalue weighted by Crippen LogP contribution is -2.30. The predicted octanol–water partition coefficient (Wildman–Crippen LogP) is 22.6. The van der Waals surface area contributed by atoms with Crippen molar-refractivity contribution in [3.8, 4) is 0 Å². The summed E-state index contributed by atoms with van der Waals surface area (Å²) in [6.45, 7) is 11.9. The minimum Gasteiger partial charge on any atom is -0.462 e. The van der Waals surface area contributed by atoms with Crippen LogP contribution in [0.1, 0.15) is 395 Å². The van der Waals surface area contributed by atoms with Crippen LogP contribution in [0.25, 0.3) is 0 Å². The molecule has 96 heavy (non-hydrogen) atoms. The lowest BCUT2D eigenvalue weighted by molar-refractivity contribution is -0.161. The van der Waals surface area contributed by atoms with E-state index in [0.29, 0.717) is 31.6 Å². The highest BCUT2D eigenvalue weighted by Crippen LogP contribution is 2.45. The standard InChI is InChI=1S/C77H150O17P2/c1-8-11-12-13-14-15-24-32-37-46-53-60-76(81)94-73(65-88-75(80)59-52-45-40-39-41-48-55-68(4)5)67-92-96(85,86)90-63-71(78)62-89-95(83,84)91-66-72(93-77(82)61-54-47-38-33-28-23-19-17-21-26-30-35-43-50-57-70(7)10-3)64-87-74(79)58-51-44-36-31-27-22-18-16-20-25-29-34-42-49-56-69(6)9-2/h68-73,78H,8-67H2,1-7H3,(H,83,84)(H,85,86)/t69?,70?,71-,72-,73-/m1/s1. The van der Waals surface area contributed by atoms with E-state index in [1.165, 1.54) is 199 Å². The van der Waals surface area contributed by atoms with Crippen molar-refractivity contribution in [1.82, 2.24) is 0 Å². The number of unbranched alkanes of at least 4 members (excludes halogenated alkanes) is 41. The number of aliphatic hydroxyl groups excluding tert-OH is 1. The molecule has 0 aliphatic carbocycles. The van der Waals surface area contributed by atoms with E-state index in [9.17, 15) is 43.2 Å². The van der Waals surface area contributed by atoms with Crippen LogP contribution in [-0.2, 0) is 65.4 Å². The van der Waals surface area contributed by atoms with E-state index in [4.69, 9.17) is 37.0 Å². The highest BCUT2D eigenvalue weighted by Gasteiger charge is 2.30. The fourth-order valence-corrected chi connectivity index (χ4v) is 13.3. The first kappa shape index (κ1) is 94.1. The van der Waals surface area contributed by atoms with Crippen molar-refractivity contribution in [2.45, 2.75) is 414 Å². The Morgan fingerprint density at radius 3 is 0.792 bits per heavy atom. The molecule has 4 unspecified atom stereocenters. The first-order valence-corrected chi connectivity index (χ1v) is 42.9. The van der Waals surface area contributed by atoms with Crippen molar-refractivity contribution >= 4 is 39.5 Å². The molecule has 0 radical (unpaired) electrons. The summed E-state index contributed by atoms with van der Waals surface area (Å²) in [5.74, 6) is 0.258. The number of phosphoric ester groups is 2. The molecule has 7 atom stereocenters. The van der Waals surface area contributed by atoms with Gasteiger partial charge in [0.05, 0.1) is 26.4 Å². The summed E-state index contributed by atoms with van der Waals surface area (Å²) in [7, 11) is -9.91. The van der Waals surface area contributed by atoms with Crippen LogP contribution in [-0.4, -0.2) is 96.7 Å². The molecule has 0 aliphatic heterocycles. The van der Waals surface area contributed by atoms with Crippen LogP contribution in [0.5, 0.6) is 0 Å². The van der Waals surface area contributed by atoms with Crippen molar-refractivity contribution in [1.29, 1.82) is 0 Å². The van der Waals surface area contributed by atoms with Crippen molar-refractivity contribution in [3.05, 3.63) is 0 Å². The molecule has 0 saturated carbocycles. The average molecular weight is 1410 g/mol. The van der Waals surface area contributed by atoms with Crippen LogP contribution in [0.15, 0.2) is 0 Å². The zero-order valence-electron chi connectivity index (χ0n) is 62.8. The third-order valence-corrected chi connectivity index (χ3v) is 20.5. The van der Waals surface area contributed by atoms with Crippen LogP contribution in [0, 0.1) is 17.8 Å². The van der Waals surface area contributed by atoms with Gasteiger partial charge in [-0.2, -0.15) is 0 Å². The minimum atomic E-state index is -4.96. The Balaban J connectivity index is 5.22. The fourth-order valence-electron chi connectivity index (χ4n) is 11.7. The number of ether oxygens (including phenoxy) is 4. The largest absolute Gasteiger partial charge is 0.472 e. The van der Waals surface area contributed by atoms with E-state index < -0.39 is 97.5 Å². The Morgan fingerprint density at radius 2 is 0.531 bits per heavy atom. The number of carbonyl (C=O) groups excluding carboxylic acids is 4. The second-order valence-electron chi connectivity index (χ2n) is 28.7. The average Bonchev–Trinajstić information content (AvgIpc) is 1.16. The summed E-state index contributed by atoms with van der Waals surface area (Å²) in [5, 5.41) is 10.6. The monoisotopic (exact) mass is 1410 g/mol. The van der Waals surface area contributed by atoms with E-state index in [1.807, 2.05) is 0 Å². The second-order valence-corrected chi connectivity index (χ2v) is 31.6. The van der Waals surface area contributed by atoms with Gasteiger partial charge in [-0.25, -0.2) is 9.13 Å². The summed E-state index contributed by atoms with van der Waals surface area (Å²) in [6.07, 6.45) is 54.1. The highest BCUT2D eigenvalue weighted by atomic mass is 31.2. The molecular weight excluding hydrogens is 1260 g/mol. The van der Waals surface area contributed by atoms with Crippen molar-refractivity contribution in [2.75, 3.05) is 39.6 Å². The zero-order chi connectivity index (χ0) is 70.9. The first-order valence-electron chi connectivity index (χ1n) is 39.9. The first-order chi connectivity index (χ1) is 46.3. The molecule has 570 valence electrons. The van der Waals surface area contributed by atoms with Crippen LogP contribution >= 0.6 is 15.6 Å². The molecule has 0 aliphatic rings. The van der Waals surface area contributed by atoms with Gasteiger partial charge in [0.2, 0.25) is 0 Å². The molecule has 17 nitrogen and oxygen atoms in total. The second kappa shape index (κ2) is 67.5. The van der Waals surface area contributed by atoms with Gasteiger partial charge in [0, 0.05) is 25.7 Å².